The van der Waals surface area contributed by atoms with E-state index >= 15 is 0 Å². The lowest BCUT2D eigenvalue weighted by Crippen LogP contribution is -2.11. The fourth-order valence-corrected chi connectivity index (χ4v) is 0.637. The summed E-state index contributed by atoms with van der Waals surface area (Å²) in [6.07, 6.45) is 9.21. The van der Waals surface area contributed by atoms with Gasteiger partial charge in [-0.3, -0.25) is 0 Å². The van der Waals surface area contributed by atoms with Gasteiger partial charge in [0, 0.05) is 6.20 Å². The van der Waals surface area contributed by atoms with E-state index in [4.69, 9.17) is 12.3 Å². The second-order valence-electron chi connectivity index (χ2n) is 1.92. The third kappa shape index (κ3) is 1.52. The topological polar surface area (TPSA) is 38.0 Å². The van der Waals surface area contributed by atoms with Gasteiger partial charge in [0.15, 0.2) is 0 Å². The Bertz CT molecular complexity index is 221. The van der Waals surface area contributed by atoms with E-state index < -0.39 is 0 Å². The van der Waals surface area contributed by atoms with E-state index in [1.807, 2.05) is 24.3 Å². The molecule has 0 aromatic carbocycles. The van der Waals surface area contributed by atoms with Crippen LogP contribution in [-0.2, 0) is 0 Å². The van der Waals surface area contributed by atoms with Crippen LogP contribution in [0, 0.1) is 6.58 Å². The molecule has 1 heterocycles. The summed E-state index contributed by atoms with van der Waals surface area (Å²) in [5.74, 6) is 0. The third-order valence-electron chi connectivity index (χ3n) is 1.13. The summed E-state index contributed by atoms with van der Waals surface area (Å²) in [5.41, 5.74) is 6.38. The first kappa shape index (κ1) is 6.68. The minimum absolute atomic E-state index is 0.302. The molecule has 1 rings (SSSR count). The molecule has 1 radical (unpaired) electrons. The molecule has 0 saturated carbocycles. The molecule has 3 N–H and O–H groups in total. The second-order valence-corrected chi connectivity index (χ2v) is 1.92. The molecule has 0 spiro atoms. The second kappa shape index (κ2) is 2.92. The molecular formula is C8H9N2. The summed E-state index contributed by atoms with van der Waals surface area (Å²) < 4.78 is 0. The van der Waals surface area contributed by atoms with Gasteiger partial charge in [-0.1, -0.05) is 12.2 Å². The van der Waals surface area contributed by atoms with E-state index in [1.165, 1.54) is 0 Å². The van der Waals surface area contributed by atoms with Crippen molar-refractivity contribution < 1.29 is 0 Å². The first-order valence-corrected chi connectivity index (χ1v) is 2.99. The van der Waals surface area contributed by atoms with Crippen molar-refractivity contribution in [3.8, 4) is 0 Å². The van der Waals surface area contributed by atoms with Crippen molar-refractivity contribution in [1.82, 2.24) is 5.32 Å². The Morgan fingerprint density at radius 1 is 1.40 bits per heavy atom. The third-order valence-corrected chi connectivity index (χ3v) is 1.13. The number of allylic oxidation sites excluding steroid dienone is 4. The monoisotopic (exact) mass is 133 g/mol. The Kier molecular flexibility index (Phi) is 1.95. The number of nitrogens with two attached hydrogens (primary N) is 1. The molecule has 0 bridgehead atoms. The SMILES string of the molecule is [CH]=C(N)C1=CC=CC=CN1. The molecule has 1 aliphatic heterocycles. The number of hydrogen-bond donors (Lipinski definition) is 2. The highest BCUT2D eigenvalue weighted by atomic mass is 14.9. The van der Waals surface area contributed by atoms with Crippen molar-refractivity contribution in [3.63, 3.8) is 0 Å². The first-order valence-electron chi connectivity index (χ1n) is 2.99. The molecule has 2 nitrogen and oxygen atoms in total. The lowest BCUT2D eigenvalue weighted by atomic mass is 10.3. The van der Waals surface area contributed by atoms with Crippen molar-refractivity contribution >= 4 is 0 Å². The Morgan fingerprint density at radius 3 is 2.90 bits per heavy atom. The van der Waals surface area contributed by atoms with Crippen molar-refractivity contribution in [2.24, 2.45) is 5.73 Å². The maximum atomic E-state index is 5.33. The van der Waals surface area contributed by atoms with Crippen LogP contribution in [0.5, 0.6) is 0 Å². The molecule has 0 atom stereocenters. The van der Waals surface area contributed by atoms with E-state index in [-0.39, 0.29) is 0 Å². The quantitative estimate of drug-likeness (QED) is 0.555. The largest absolute Gasteiger partial charge is 0.397 e. The van der Waals surface area contributed by atoms with Gasteiger partial charge in [0.1, 0.15) is 0 Å². The summed E-state index contributed by atoms with van der Waals surface area (Å²) in [5, 5.41) is 2.91. The Morgan fingerprint density at radius 2 is 2.20 bits per heavy atom. The number of rotatable bonds is 1. The van der Waals surface area contributed by atoms with E-state index in [0.29, 0.717) is 5.70 Å². The van der Waals surface area contributed by atoms with Crippen LogP contribution in [0.1, 0.15) is 0 Å². The van der Waals surface area contributed by atoms with Crippen LogP contribution in [0.25, 0.3) is 0 Å². The minimum atomic E-state index is 0.302. The summed E-state index contributed by atoms with van der Waals surface area (Å²) in [6.45, 7) is 5.33. The fraction of sp³-hybridized carbons (Fsp3) is 0. The summed E-state index contributed by atoms with van der Waals surface area (Å²) >= 11 is 0. The molecule has 0 unspecified atom stereocenters. The van der Waals surface area contributed by atoms with E-state index in [1.54, 1.807) is 6.20 Å². The van der Waals surface area contributed by atoms with Crippen LogP contribution in [0.4, 0.5) is 0 Å². The van der Waals surface area contributed by atoms with Gasteiger partial charge in [-0.05, 0) is 18.7 Å². The number of nitrogens with one attached hydrogen (secondary N) is 1. The van der Waals surface area contributed by atoms with E-state index in [2.05, 4.69) is 5.32 Å². The minimum Gasteiger partial charge on any atom is -0.397 e. The van der Waals surface area contributed by atoms with Gasteiger partial charge in [-0.25, -0.2) is 0 Å². The van der Waals surface area contributed by atoms with E-state index in [9.17, 15) is 0 Å². The smallest absolute Gasteiger partial charge is 0.0613 e. The van der Waals surface area contributed by atoms with Crippen molar-refractivity contribution in [2.45, 2.75) is 0 Å². The Labute approximate surface area is 60.4 Å². The van der Waals surface area contributed by atoms with Gasteiger partial charge in [0.05, 0.1) is 11.4 Å². The van der Waals surface area contributed by atoms with Crippen LogP contribution < -0.4 is 11.1 Å². The standard InChI is InChI=1S/C8H9N2/c1-7(9)8-5-3-2-4-6-10-8/h1-6,10H,9H2. The molecule has 2 heteroatoms. The molecule has 10 heavy (non-hydrogen) atoms. The van der Waals surface area contributed by atoms with Crippen molar-refractivity contribution in [3.05, 3.63) is 48.5 Å². The first-order chi connectivity index (χ1) is 4.80. The van der Waals surface area contributed by atoms with Gasteiger partial charge >= 0.3 is 0 Å². The van der Waals surface area contributed by atoms with Gasteiger partial charge in [-0.2, -0.15) is 0 Å². The zero-order valence-corrected chi connectivity index (χ0v) is 5.54. The fourth-order valence-electron chi connectivity index (χ4n) is 0.637. The van der Waals surface area contributed by atoms with Gasteiger partial charge in [-0.15, -0.1) is 0 Å². The molecule has 1 aliphatic rings. The van der Waals surface area contributed by atoms with Gasteiger partial charge < -0.3 is 11.1 Å². The maximum absolute atomic E-state index is 5.33. The summed E-state index contributed by atoms with van der Waals surface area (Å²) in [4.78, 5) is 0. The summed E-state index contributed by atoms with van der Waals surface area (Å²) in [7, 11) is 0. The molecule has 0 amide bonds. The van der Waals surface area contributed by atoms with Crippen molar-refractivity contribution in [1.29, 1.82) is 0 Å². The van der Waals surface area contributed by atoms with E-state index in [0.717, 1.165) is 5.70 Å². The predicted molar refractivity (Wildman–Crippen MR) is 41.5 cm³/mol. The molecule has 51 valence electrons. The molecule has 0 aromatic heterocycles. The molecule has 0 fully saturated rings. The molecule has 0 aliphatic carbocycles. The van der Waals surface area contributed by atoms with Crippen LogP contribution in [-0.4, -0.2) is 0 Å². The summed E-state index contributed by atoms with van der Waals surface area (Å²) in [6, 6.07) is 0. The average molecular weight is 133 g/mol. The van der Waals surface area contributed by atoms with Crippen LogP contribution in [0.15, 0.2) is 41.9 Å². The van der Waals surface area contributed by atoms with Crippen LogP contribution in [0.2, 0.25) is 0 Å². The Hall–Kier alpha value is -1.44. The normalized spacial score (nSPS) is 15.4. The molecular weight excluding hydrogens is 124 g/mol. The maximum Gasteiger partial charge on any atom is 0.0613 e. The van der Waals surface area contributed by atoms with Gasteiger partial charge in [0.25, 0.3) is 0 Å². The highest BCUT2D eigenvalue weighted by Crippen LogP contribution is 1.99. The van der Waals surface area contributed by atoms with Crippen molar-refractivity contribution in [2.75, 3.05) is 0 Å². The Balaban J connectivity index is 2.78. The highest BCUT2D eigenvalue weighted by molar-refractivity contribution is 5.31. The lowest BCUT2D eigenvalue weighted by molar-refractivity contribution is 1.06. The van der Waals surface area contributed by atoms with Gasteiger partial charge in [0.2, 0.25) is 0 Å². The zero-order valence-electron chi connectivity index (χ0n) is 5.54. The highest BCUT2D eigenvalue weighted by Gasteiger charge is 1.93. The van der Waals surface area contributed by atoms with Crippen LogP contribution >= 0.6 is 0 Å². The zero-order chi connectivity index (χ0) is 7.40. The molecule has 0 aromatic rings. The predicted octanol–water partition coefficient (Wildman–Crippen LogP) is 0.819. The lowest BCUT2D eigenvalue weighted by Gasteiger charge is -2.02. The van der Waals surface area contributed by atoms with Crippen LogP contribution in [0.3, 0.4) is 0 Å². The average Bonchev–Trinajstić information content (AvgIpc) is 2.12. The number of hydrogen-bond acceptors (Lipinski definition) is 2. The molecule has 0 saturated heterocycles.